The fourth-order valence-corrected chi connectivity index (χ4v) is 1.86. The second-order valence-corrected chi connectivity index (χ2v) is 4.67. The lowest BCUT2D eigenvalue weighted by Crippen LogP contribution is -2.13. The van der Waals surface area contributed by atoms with Crippen LogP contribution in [0, 0.1) is 0 Å². The molecule has 120 valence electrons. The summed E-state index contributed by atoms with van der Waals surface area (Å²) in [6, 6.07) is 4.64. The molecule has 0 aliphatic rings. The SMILES string of the molecule is C=CCOCCCC(=O)Nc1cc(COC)cc(C(=O)O)c1. The van der Waals surface area contributed by atoms with Crippen LogP contribution in [-0.2, 0) is 20.9 Å². The summed E-state index contributed by atoms with van der Waals surface area (Å²) >= 11 is 0. The number of carbonyl (C=O) groups excluding carboxylic acids is 1. The van der Waals surface area contributed by atoms with E-state index in [9.17, 15) is 9.59 Å². The Hall–Kier alpha value is -2.18. The van der Waals surface area contributed by atoms with Gasteiger partial charge in [-0.25, -0.2) is 4.79 Å². The van der Waals surface area contributed by atoms with E-state index in [4.69, 9.17) is 14.6 Å². The Balaban J connectivity index is 2.61. The van der Waals surface area contributed by atoms with Crippen molar-refractivity contribution in [2.45, 2.75) is 19.4 Å². The van der Waals surface area contributed by atoms with E-state index in [1.165, 1.54) is 19.2 Å². The summed E-state index contributed by atoms with van der Waals surface area (Å²) in [7, 11) is 1.52. The van der Waals surface area contributed by atoms with Crippen LogP contribution in [0.3, 0.4) is 0 Å². The molecule has 6 heteroatoms. The van der Waals surface area contributed by atoms with Gasteiger partial charge in [-0.3, -0.25) is 4.79 Å². The third-order valence-corrected chi connectivity index (χ3v) is 2.76. The van der Waals surface area contributed by atoms with Gasteiger partial charge in [0.2, 0.25) is 5.91 Å². The van der Waals surface area contributed by atoms with Crippen molar-refractivity contribution in [3.05, 3.63) is 42.0 Å². The molecule has 0 unspecified atom stereocenters. The van der Waals surface area contributed by atoms with Crippen molar-refractivity contribution < 1.29 is 24.2 Å². The average molecular weight is 307 g/mol. The number of carbonyl (C=O) groups is 2. The molecule has 0 fully saturated rings. The van der Waals surface area contributed by atoms with E-state index in [0.717, 1.165) is 0 Å². The van der Waals surface area contributed by atoms with Gasteiger partial charge in [0.15, 0.2) is 0 Å². The third kappa shape index (κ3) is 6.51. The molecule has 0 aliphatic heterocycles. The summed E-state index contributed by atoms with van der Waals surface area (Å²) in [5.74, 6) is -1.24. The van der Waals surface area contributed by atoms with E-state index in [1.54, 1.807) is 12.1 Å². The fourth-order valence-electron chi connectivity index (χ4n) is 1.86. The highest BCUT2D eigenvalue weighted by Gasteiger charge is 2.09. The van der Waals surface area contributed by atoms with Gasteiger partial charge in [0, 0.05) is 25.8 Å². The summed E-state index contributed by atoms with van der Waals surface area (Å²) in [4.78, 5) is 22.9. The molecule has 22 heavy (non-hydrogen) atoms. The first kappa shape index (κ1) is 17.9. The van der Waals surface area contributed by atoms with Crippen LogP contribution in [0.2, 0.25) is 0 Å². The third-order valence-electron chi connectivity index (χ3n) is 2.76. The maximum absolute atomic E-state index is 11.8. The van der Waals surface area contributed by atoms with Gasteiger partial charge in [-0.2, -0.15) is 0 Å². The number of anilines is 1. The summed E-state index contributed by atoms with van der Waals surface area (Å²) in [5.41, 5.74) is 1.25. The molecule has 0 saturated carbocycles. The highest BCUT2D eigenvalue weighted by Crippen LogP contribution is 2.16. The number of rotatable bonds is 10. The molecule has 0 spiro atoms. The summed E-state index contributed by atoms with van der Waals surface area (Å²) in [5, 5.41) is 11.8. The maximum Gasteiger partial charge on any atom is 0.335 e. The van der Waals surface area contributed by atoms with E-state index < -0.39 is 5.97 Å². The topological polar surface area (TPSA) is 84.9 Å². The standard InChI is InChI=1S/C16H21NO5/c1-3-6-22-7-4-5-15(18)17-14-9-12(11-21-2)8-13(10-14)16(19)20/h3,8-10H,1,4-7,11H2,2H3,(H,17,18)(H,19,20). The second kappa shape index (κ2) is 9.70. The number of carboxylic acid groups (broad SMARTS) is 1. The Morgan fingerprint density at radius 1 is 1.36 bits per heavy atom. The number of hydrogen-bond acceptors (Lipinski definition) is 4. The molecule has 6 nitrogen and oxygen atoms in total. The van der Waals surface area contributed by atoms with Crippen molar-refractivity contribution >= 4 is 17.6 Å². The number of methoxy groups -OCH3 is 1. The minimum absolute atomic E-state index is 0.110. The molecule has 0 heterocycles. The van der Waals surface area contributed by atoms with Crippen LogP contribution in [0.4, 0.5) is 5.69 Å². The molecule has 0 bridgehead atoms. The molecule has 0 saturated heterocycles. The lowest BCUT2D eigenvalue weighted by Gasteiger charge is -2.09. The monoisotopic (exact) mass is 307 g/mol. The molecule has 0 atom stereocenters. The molecule has 2 N–H and O–H groups in total. The average Bonchev–Trinajstić information content (AvgIpc) is 2.47. The van der Waals surface area contributed by atoms with Gasteiger partial charge >= 0.3 is 5.97 Å². The number of amides is 1. The quantitative estimate of drug-likeness (QED) is 0.512. The van der Waals surface area contributed by atoms with Gasteiger partial charge in [0.05, 0.1) is 18.8 Å². The molecule has 1 amide bonds. The summed E-state index contributed by atoms with van der Waals surface area (Å²) in [6.07, 6.45) is 2.53. The number of nitrogens with one attached hydrogen (secondary N) is 1. The number of benzene rings is 1. The Morgan fingerprint density at radius 2 is 2.14 bits per heavy atom. The lowest BCUT2D eigenvalue weighted by atomic mass is 10.1. The first-order valence-corrected chi connectivity index (χ1v) is 6.91. The molecule has 0 aromatic heterocycles. The number of hydrogen-bond donors (Lipinski definition) is 2. The predicted octanol–water partition coefficient (Wildman–Crippen LogP) is 2.45. The van der Waals surface area contributed by atoms with E-state index in [2.05, 4.69) is 11.9 Å². The first-order valence-electron chi connectivity index (χ1n) is 6.91. The second-order valence-electron chi connectivity index (χ2n) is 4.67. The summed E-state index contributed by atoms with van der Waals surface area (Å²) in [6.45, 7) is 4.75. The zero-order valence-corrected chi connectivity index (χ0v) is 12.6. The molecule has 0 radical (unpaired) electrons. The molecule has 1 aromatic rings. The Labute approximate surface area is 129 Å². The number of ether oxygens (including phenoxy) is 2. The van der Waals surface area contributed by atoms with Crippen molar-refractivity contribution in [1.29, 1.82) is 0 Å². The van der Waals surface area contributed by atoms with Crippen LogP contribution in [0.25, 0.3) is 0 Å². The first-order chi connectivity index (χ1) is 10.6. The van der Waals surface area contributed by atoms with E-state index >= 15 is 0 Å². The molecule has 1 aromatic carbocycles. The van der Waals surface area contributed by atoms with Crippen molar-refractivity contribution in [3.8, 4) is 0 Å². The van der Waals surface area contributed by atoms with Crippen LogP contribution >= 0.6 is 0 Å². The molecular formula is C16H21NO5. The maximum atomic E-state index is 11.8. The van der Waals surface area contributed by atoms with Gasteiger partial charge < -0.3 is 19.9 Å². The van der Waals surface area contributed by atoms with Gasteiger partial charge in [0.1, 0.15) is 0 Å². The molecule has 1 rings (SSSR count). The van der Waals surface area contributed by atoms with E-state index in [1.807, 2.05) is 0 Å². The van der Waals surface area contributed by atoms with Crippen LogP contribution in [0.5, 0.6) is 0 Å². The van der Waals surface area contributed by atoms with Crippen molar-refractivity contribution in [2.75, 3.05) is 25.6 Å². The number of carboxylic acids is 1. The lowest BCUT2D eigenvalue weighted by molar-refractivity contribution is -0.116. The van der Waals surface area contributed by atoms with Gasteiger partial charge in [0.25, 0.3) is 0 Å². The van der Waals surface area contributed by atoms with Crippen LogP contribution < -0.4 is 5.32 Å². The van der Waals surface area contributed by atoms with Gasteiger partial charge in [-0.15, -0.1) is 6.58 Å². The highest BCUT2D eigenvalue weighted by atomic mass is 16.5. The van der Waals surface area contributed by atoms with Crippen molar-refractivity contribution in [2.24, 2.45) is 0 Å². The fraction of sp³-hybridized carbons (Fsp3) is 0.375. The van der Waals surface area contributed by atoms with Crippen LogP contribution in [0.1, 0.15) is 28.8 Å². The van der Waals surface area contributed by atoms with Gasteiger partial charge in [-0.05, 0) is 30.2 Å². The Bertz CT molecular complexity index is 527. The van der Waals surface area contributed by atoms with Crippen LogP contribution in [-0.4, -0.2) is 37.3 Å². The Kier molecular flexibility index (Phi) is 7.88. The molecular weight excluding hydrogens is 286 g/mol. The zero-order chi connectivity index (χ0) is 16.4. The van der Waals surface area contributed by atoms with E-state index in [-0.39, 0.29) is 18.1 Å². The minimum Gasteiger partial charge on any atom is -0.478 e. The zero-order valence-electron chi connectivity index (χ0n) is 12.6. The van der Waals surface area contributed by atoms with Crippen molar-refractivity contribution in [1.82, 2.24) is 0 Å². The highest BCUT2D eigenvalue weighted by molar-refractivity contribution is 5.94. The van der Waals surface area contributed by atoms with Crippen LogP contribution in [0.15, 0.2) is 30.9 Å². The smallest absolute Gasteiger partial charge is 0.335 e. The Morgan fingerprint density at radius 3 is 2.77 bits per heavy atom. The normalized spacial score (nSPS) is 10.2. The van der Waals surface area contributed by atoms with E-state index in [0.29, 0.717) is 37.3 Å². The molecule has 0 aliphatic carbocycles. The predicted molar refractivity (Wildman–Crippen MR) is 83.0 cm³/mol. The van der Waals surface area contributed by atoms with Crippen molar-refractivity contribution in [3.63, 3.8) is 0 Å². The summed E-state index contributed by atoms with van der Waals surface area (Å²) < 4.78 is 10.2. The largest absolute Gasteiger partial charge is 0.478 e. The minimum atomic E-state index is -1.05. The number of aromatic carboxylic acids is 1. The van der Waals surface area contributed by atoms with Gasteiger partial charge in [-0.1, -0.05) is 6.08 Å².